The molecule has 0 aromatic heterocycles. The molecular formula is C13H18O2. The summed E-state index contributed by atoms with van der Waals surface area (Å²) in [5.41, 5.74) is 3.32. The second-order valence-electron chi connectivity index (χ2n) is 4.52. The van der Waals surface area contributed by atoms with E-state index < -0.39 is 0 Å². The van der Waals surface area contributed by atoms with E-state index in [9.17, 15) is 5.11 Å². The average Bonchev–Trinajstić information content (AvgIpc) is 2.17. The van der Waals surface area contributed by atoms with Crippen LogP contribution in [0.2, 0.25) is 0 Å². The van der Waals surface area contributed by atoms with Gasteiger partial charge >= 0.3 is 0 Å². The Morgan fingerprint density at radius 1 is 1.40 bits per heavy atom. The minimum Gasteiger partial charge on any atom is -0.493 e. The second-order valence-corrected chi connectivity index (χ2v) is 4.52. The molecule has 15 heavy (non-hydrogen) atoms. The van der Waals surface area contributed by atoms with Crippen molar-refractivity contribution in [1.29, 1.82) is 0 Å². The number of rotatable bonds is 1. The molecule has 1 aromatic carbocycles. The molecule has 1 heterocycles. The van der Waals surface area contributed by atoms with Gasteiger partial charge in [0.25, 0.3) is 0 Å². The lowest BCUT2D eigenvalue weighted by Crippen LogP contribution is -2.17. The van der Waals surface area contributed by atoms with E-state index >= 15 is 0 Å². The maximum Gasteiger partial charge on any atom is 0.128 e. The van der Waals surface area contributed by atoms with Crippen molar-refractivity contribution in [3.63, 3.8) is 0 Å². The standard InChI is InChI=1S/C13H18O2/c1-8(2)10-5-4-9(3)12-11(14)6-7-15-13(10)12/h4-5,8,11,14H,6-7H2,1-3H3. The molecule has 1 aromatic rings. The van der Waals surface area contributed by atoms with E-state index in [0.29, 0.717) is 18.9 Å². The van der Waals surface area contributed by atoms with Crippen molar-refractivity contribution in [3.05, 3.63) is 28.8 Å². The van der Waals surface area contributed by atoms with Crippen molar-refractivity contribution in [2.45, 2.75) is 39.2 Å². The van der Waals surface area contributed by atoms with Gasteiger partial charge in [0.1, 0.15) is 5.75 Å². The predicted molar refractivity (Wildman–Crippen MR) is 60.3 cm³/mol. The number of hydrogen-bond acceptors (Lipinski definition) is 2. The van der Waals surface area contributed by atoms with E-state index in [2.05, 4.69) is 26.0 Å². The number of hydrogen-bond donors (Lipinski definition) is 1. The molecule has 2 nitrogen and oxygen atoms in total. The number of benzene rings is 1. The normalized spacial score (nSPS) is 19.9. The molecule has 1 N–H and O–H groups in total. The summed E-state index contributed by atoms with van der Waals surface area (Å²) in [6.07, 6.45) is 0.350. The van der Waals surface area contributed by atoms with Crippen LogP contribution in [-0.2, 0) is 0 Å². The smallest absolute Gasteiger partial charge is 0.128 e. The molecule has 2 rings (SSSR count). The van der Waals surface area contributed by atoms with Gasteiger partial charge in [-0.05, 0) is 24.0 Å². The van der Waals surface area contributed by atoms with Crippen molar-refractivity contribution >= 4 is 0 Å². The number of aryl methyl sites for hydroxylation is 1. The van der Waals surface area contributed by atoms with Crippen LogP contribution < -0.4 is 4.74 Å². The lowest BCUT2D eigenvalue weighted by Gasteiger charge is -2.27. The summed E-state index contributed by atoms with van der Waals surface area (Å²) in [7, 11) is 0. The molecule has 0 saturated carbocycles. The zero-order chi connectivity index (χ0) is 11.0. The third kappa shape index (κ3) is 1.74. The molecule has 1 unspecified atom stereocenters. The highest BCUT2D eigenvalue weighted by molar-refractivity contribution is 5.49. The van der Waals surface area contributed by atoms with Crippen LogP contribution in [0.25, 0.3) is 0 Å². The molecule has 2 heteroatoms. The van der Waals surface area contributed by atoms with Gasteiger partial charge in [0.05, 0.1) is 12.7 Å². The Balaban J connectivity index is 2.58. The molecular weight excluding hydrogens is 188 g/mol. The summed E-state index contributed by atoms with van der Waals surface area (Å²) in [5, 5.41) is 9.97. The van der Waals surface area contributed by atoms with Crippen molar-refractivity contribution in [2.24, 2.45) is 0 Å². The lowest BCUT2D eigenvalue weighted by atomic mass is 9.91. The third-order valence-corrected chi connectivity index (χ3v) is 3.04. The first kappa shape index (κ1) is 10.5. The highest BCUT2D eigenvalue weighted by Crippen LogP contribution is 2.39. The topological polar surface area (TPSA) is 29.5 Å². The van der Waals surface area contributed by atoms with Gasteiger partial charge in [-0.2, -0.15) is 0 Å². The van der Waals surface area contributed by atoms with Crippen molar-refractivity contribution in [3.8, 4) is 5.75 Å². The fraction of sp³-hybridized carbons (Fsp3) is 0.538. The zero-order valence-corrected chi connectivity index (χ0v) is 9.58. The molecule has 82 valence electrons. The van der Waals surface area contributed by atoms with Crippen molar-refractivity contribution in [2.75, 3.05) is 6.61 Å². The molecule has 0 aliphatic carbocycles. The number of aliphatic hydroxyl groups is 1. The summed E-state index contributed by atoms with van der Waals surface area (Å²) in [4.78, 5) is 0. The lowest BCUT2D eigenvalue weighted by molar-refractivity contribution is 0.113. The number of ether oxygens (including phenoxy) is 1. The van der Waals surface area contributed by atoms with Crippen LogP contribution in [0.5, 0.6) is 5.75 Å². The molecule has 1 aliphatic rings. The van der Waals surface area contributed by atoms with Gasteiger partial charge in [0, 0.05) is 12.0 Å². The van der Waals surface area contributed by atoms with Crippen LogP contribution in [0, 0.1) is 6.92 Å². The summed E-state index contributed by atoms with van der Waals surface area (Å²) in [5.74, 6) is 1.35. The Labute approximate surface area is 90.9 Å². The minimum absolute atomic E-state index is 0.354. The summed E-state index contributed by atoms with van der Waals surface area (Å²) in [6, 6.07) is 4.18. The Hall–Kier alpha value is -1.02. The van der Waals surface area contributed by atoms with E-state index in [1.807, 2.05) is 6.92 Å². The van der Waals surface area contributed by atoms with Gasteiger partial charge in [-0.15, -0.1) is 0 Å². The maximum atomic E-state index is 9.97. The highest BCUT2D eigenvalue weighted by atomic mass is 16.5. The molecule has 0 saturated heterocycles. The van der Waals surface area contributed by atoms with E-state index in [-0.39, 0.29) is 6.10 Å². The Morgan fingerprint density at radius 2 is 2.13 bits per heavy atom. The van der Waals surface area contributed by atoms with Crippen LogP contribution in [-0.4, -0.2) is 11.7 Å². The van der Waals surface area contributed by atoms with E-state index in [1.165, 1.54) is 5.56 Å². The summed E-state index contributed by atoms with van der Waals surface area (Å²) < 4.78 is 5.71. The first-order chi connectivity index (χ1) is 7.11. The highest BCUT2D eigenvalue weighted by Gasteiger charge is 2.24. The number of fused-ring (bicyclic) bond motifs is 1. The fourth-order valence-corrected chi connectivity index (χ4v) is 2.16. The Kier molecular flexibility index (Phi) is 2.70. The van der Waals surface area contributed by atoms with Crippen molar-refractivity contribution in [1.82, 2.24) is 0 Å². The summed E-state index contributed by atoms with van der Waals surface area (Å²) in [6.45, 7) is 6.95. The third-order valence-electron chi connectivity index (χ3n) is 3.04. The van der Waals surface area contributed by atoms with E-state index in [0.717, 1.165) is 16.9 Å². The van der Waals surface area contributed by atoms with Crippen LogP contribution in [0.1, 0.15) is 49.0 Å². The summed E-state index contributed by atoms with van der Waals surface area (Å²) >= 11 is 0. The van der Waals surface area contributed by atoms with E-state index in [4.69, 9.17) is 4.74 Å². The van der Waals surface area contributed by atoms with Crippen LogP contribution in [0.3, 0.4) is 0 Å². The second kappa shape index (κ2) is 3.86. The van der Waals surface area contributed by atoms with Crippen LogP contribution in [0.4, 0.5) is 0 Å². The zero-order valence-electron chi connectivity index (χ0n) is 9.58. The predicted octanol–water partition coefficient (Wildman–Crippen LogP) is 2.93. The monoisotopic (exact) mass is 206 g/mol. The molecule has 0 radical (unpaired) electrons. The van der Waals surface area contributed by atoms with Crippen LogP contribution >= 0.6 is 0 Å². The Morgan fingerprint density at radius 3 is 2.80 bits per heavy atom. The van der Waals surface area contributed by atoms with Gasteiger partial charge in [-0.3, -0.25) is 0 Å². The molecule has 1 atom stereocenters. The first-order valence-electron chi connectivity index (χ1n) is 5.55. The molecule has 0 amide bonds. The SMILES string of the molecule is Cc1ccc(C(C)C)c2c1C(O)CCO2. The van der Waals surface area contributed by atoms with Crippen molar-refractivity contribution < 1.29 is 9.84 Å². The van der Waals surface area contributed by atoms with Gasteiger partial charge in [-0.25, -0.2) is 0 Å². The first-order valence-corrected chi connectivity index (χ1v) is 5.55. The average molecular weight is 206 g/mol. The van der Waals surface area contributed by atoms with Crippen LogP contribution in [0.15, 0.2) is 12.1 Å². The molecule has 0 fully saturated rings. The quantitative estimate of drug-likeness (QED) is 0.765. The van der Waals surface area contributed by atoms with Gasteiger partial charge in [-0.1, -0.05) is 26.0 Å². The fourth-order valence-electron chi connectivity index (χ4n) is 2.16. The molecule has 1 aliphatic heterocycles. The van der Waals surface area contributed by atoms with Gasteiger partial charge in [0.2, 0.25) is 0 Å². The largest absolute Gasteiger partial charge is 0.493 e. The minimum atomic E-state index is -0.354. The van der Waals surface area contributed by atoms with E-state index in [1.54, 1.807) is 0 Å². The van der Waals surface area contributed by atoms with Gasteiger partial charge < -0.3 is 9.84 Å². The van der Waals surface area contributed by atoms with Gasteiger partial charge in [0.15, 0.2) is 0 Å². The molecule has 0 bridgehead atoms. The Bertz CT molecular complexity index is 369. The maximum absolute atomic E-state index is 9.97. The molecule has 0 spiro atoms. The number of aliphatic hydroxyl groups excluding tert-OH is 1.